The van der Waals surface area contributed by atoms with Crippen LogP contribution in [0.1, 0.15) is 20.8 Å². The Morgan fingerprint density at radius 1 is 1.29 bits per heavy atom. The van der Waals surface area contributed by atoms with E-state index in [4.69, 9.17) is 0 Å². The summed E-state index contributed by atoms with van der Waals surface area (Å²) in [5.41, 5.74) is 0. The van der Waals surface area contributed by atoms with Crippen LogP contribution in [-0.4, -0.2) is 28.6 Å². The van der Waals surface area contributed by atoms with Crippen molar-refractivity contribution in [2.45, 2.75) is 20.8 Å². The van der Waals surface area contributed by atoms with Gasteiger partial charge in [-0.3, -0.25) is 14.5 Å². The van der Waals surface area contributed by atoms with Crippen molar-refractivity contribution in [3.8, 4) is 0 Å². The zero-order chi connectivity index (χ0) is 10.9. The average Bonchev–Trinajstić information content (AvgIpc) is 2.35. The van der Waals surface area contributed by atoms with Crippen molar-refractivity contribution >= 4 is 27.7 Å². The fraction of sp³-hybridized carbons (Fsp3) is 0.800. The van der Waals surface area contributed by atoms with Gasteiger partial charge in [-0.2, -0.15) is 0 Å². The molecule has 3 nitrogen and oxygen atoms in total. The molecule has 14 heavy (non-hydrogen) atoms. The number of rotatable bonds is 3. The second kappa shape index (κ2) is 4.43. The Balaban J connectivity index is 2.70. The second-order valence-corrected chi connectivity index (χ2v) is 4.77. The lowest BCUT2D eigenvalue weighted by molar-refractivity contribution is -0.140. The molecule has 1 aliphatic heterocycles. The van der Waals surface area contributed by atoms with Crippen molar-refractivity contribution in [1.29, 1.82) is 0 Å². The molecular formula is C10H16BrNO2. The minimum atomic E-state index is -0.148. The van der Waals surface area contributed by atoms with E-state index in [1.807, 2.05) is 20.8 Å². The molecule has 0 aromatic rings. The van der Waals surface area contributed by atoms with Gasteiger partial charge in [-0.25, -0.2) is 0 Å². The molecule has 0 radical (unpaired) electrons. The number of amides is 2. The molecule has 2 amide bonds. The molecule has 0 aliphatic carbocycles. The van der Waals surface area contributed by atoms with E-state index >= 15 is 0 Å². The van der Waals surface area contributed by atoms with Crippen LogP contribution in [0.2, 0.25) is 0 Å². The Kier molecular flexibility index (Phi) is 3.70. The number of halogens is 1. The average molecular weight is 262 g/mol. The van der Waals surface area contributed by atoms with Crippen molar-refractivity contribution in [3.63, 3.8) is 0 Å². The molecule has 0 spiro atoms. The Labute approximate surface area is 93.0 Å². The summed E-state index contributed by atoms with van der Waals surface area (Å²) in [6, 6.07) is 0. The van der Waals surface area contributed by atoms with Gasteiger partial charge in [0.25, 0.3) is 0 Å². The van der Waals surface area contributed by atoms with Gasteiger partial charge in [0, 0.05) is 23.7 Å². The fourth-order valence-corrected chi connectivity index (χ4v) is 1.77. The lowest BCUT2D eigenvalue weighted by Gasteiger charge is -2.17. The molecule has 0 N–H and O–H groups in total. The number of hydrogen-bond acceptors (Lipinski definition) is 2. The van der Waals surface area contributed by atoms with Gasteiger partial charge in [0.1, 0.15) is 0 Å². The predicted octanol–water partition coefficient (Wildman–Crippen LogP) is 1.66. The van der Waals surface area contributed by atoms with Gasteiger partial charge in [0.2, 0.25) is 11.8 Å². The first-order valence-corrected chi connectivity index (χ1v) is 6.02. The Hall–Kier alpha value is -0.380. The molecule has 1 rings (SSSR count). The number of carbonyl (C=O) groups is 2. The largest absolute Gasteiger partial charge is 0.282 e. The molecule has 1 fully saturated rings. The van der Waals surface area contributed by atoms with Crippen molar-refractivity contribution in [2.24, 2.45) is 17.8 Å². The highest BCUT2D eigenvalue weighted by atomic mass is 79.9. The van der Waals surface area contributed by atoms with Crippen molar-refractivity contribution in [3.05, 3.63) is 0 Å². The smallest absolute Gasteiger partial charge is 0.232 e. The lowest BCUT2D eigenvalue weighted by atomic mass is 10.00. The van der Waals surface area contributed by atoms with Gasteiger partial charge in [-0.05, 0) is 5.92 Å². The number of likely N-dealkylation sites (tertiary alicyclic amines) is 1. The Morgan fingerprint density at radius 3 is 2.07 bits per heavy atom. The number of nitrogens with zero attached hydrogens (tertiary/aromatic N) is 1. The molecule has 1 saturated heterocycles. The van der Waals surface area contributed by atoms with Gasteiger partial charge in [0.05, 0.1) is 0 Å². The first kappa shape index (κ1) is 11.7. The minimum absolute atomic E-state index is 0.0182. The normalized spacial score (nSPS) is 29.9. The number of alkyl halides is 1. The molecule has 4 heteroatoms. The summed E-state index contributed by atoms with van der Waals surface area (Å²) < 4.78 is 0. The predicted molar refractivity (Wildman–Crippen MR) is 58.0 cm³/mol. The van der Waals surface area contributed by atoms with E-state index < -0.39 is 0 Å². The molecule has 3 unspecified atom stereocenters. The van der Waals surface area contributed by atoms with E-state index in [2.05, 4.69) is 15.9 Å². The van der Waals surface area contributed by atoms with Crippen LogP contribution >= 0.6 is 15.9 Å². The van der Waals surface area contributed by atoms with Crippen LogP contribution in [0.4, 0.5) is 0 Å². The quantitative estimate of drug-likeness (QED) is 0.573. The van der Waals surface area contributed by atoms with E-state index in [-0.39, 0.29) is 23.7 Å². The molecular weight excluding hydrogens is 246 g/mol. The molecule has 0 aromatic carbocycles. The molecule has 0 bridgehead atoms. The van der Waals surface area contributed by atoms with Crippen LogP contribution in [0, 0.1) is 17.8 Å². The molecule has 0 aromatic heterocycles. The third-order valence-electron chi connectivity index (χ3n) is 2.82. The standard InChI is InChI=1S/C10H16BrNO2/c1-6(4-11)5-12-9(13)7(2)8(3)10(12)14/h6-8H,4-5H2,1-3H3. The van der Waals surface area contributed by atoms with Crippen LogP contribution < -0.4 is 0 Å². The van der Waals surface area contributed by atoms with E-state index in [0.29, 0.717) is 12.5 Å². The van der Waals surface area contributed by atoms with E-state index in [9.17, 15) is 9.59 Å². The summed E-state index contributed by atoms with van der Waals surface area (Å²) in [7, 11) is 0. The van der Waals surface area contributed by atoms with Gasteiger partial charge in [0.15, 0.2) is 0 Å². The maximum atomic E-state index is 11.7. The number of carbonyl (C=O) groups excluding carboxylic acids is 2. The summed E-state index contributed by atoms with van der Waals surface area (Å²) >= 11 is 3.34. The summed E-state index contributed by atoms with van der Waals surface area (Å²) in [5.74, 6) is -0.0129. The van der Waals surface area contributed by atoms with Crippen molar-refractivity contribution in [2.75, 3.05) is 11.9 Å². The highest BCUT2D eigenvalue weighted by molar-refractivity contribution is 9.09. The third-order valence-corrected chi connectivity index (χ3v) is 3.92. The Morgan fingerprint density at radius 2 is 1.71 bits per heavy atom. The maximum absolute atomic E-state index is 11.7. The minimum Gasteiger partial charge on any atom is -0.282 e. The highest BCUT2D eigenvalue weighted by Gasteiger charge is 2.42. The van der Waals surface area contributed by atoms with Crippen LogP contribution in [0.15, 0.2) is 0 Å². The highest BCUT2D eigenvalue weighted by Crippen LogP contribution is 2.26. The van der Waals surface area contributed by atoms with E-state index in [1.54, 1.807) is 0 Å². The van der Waals surface area contributed by atoms with Crippen LogP contribution in [-0.2, 0) is 9.59 Å². The summed E-state index contributed by atoms with van der Waals surface area (Å²) in [6.45, 7) is 6.20. The van der Waals surface area contributed by atoms with Crippen LogP contribution in [0.5, 0.6) is 0 Å². The summed E-state index contributed by atoms with van der Waals surface area (Å²) in [4.78, 5) is 24.7. The van der Waals surface area contributed by atoms with E-state index in [1.165, 1.54) is 4.90 Å². The zero-order valence-corrected chi connectivity index (χ0v) is 10.4. The maximum Gasteiger partial charge on any atom is 0.232 e. The number of hydrogen-bond donors (Lipinski definition) is 0. The molecule has 0 saturated carbocycles. The van der Waals surface area contributed by atoms with Gasteiger partial charge in [-0.1, -0.05) is 36.7 Å². The van der Waals surface area contributed by atoms with Crippen molar-refractivity contribution in [1.82, 2.24) is 4.90 Å². The topological polar surface area (TPSA) is 37.4 Å². The van der Waals surface area contributed by atoms with Crippen LogP contribution in [0.25, 0.3) is 0 Å². The summed E-state index contributed by atoms with van der Waals surface area (Å²) in [6.07, 6.45) is 0. The van der Waals surface area contributed by atoms with Gasteiger partial charge < -0.3 is 0 Å². The van der Waals surface area contributed by atoms with E-state index in [0.717, 1.165) is 5.33 Å². The zero-order valence-electron chi connectivity index (χ0n) is 8.79. The lowest BCUT2D eigenvalue weighted by Crippen LogP contribution is -2.35. The van der Waals surface area contributed by atoms with Crippen LogP contribution in [0.3, 0.4) is 0 Å². The fourth-order valence-electron chi connectivity index (χ4n) is 1.57. The third kappa shape index (κ3) is 2.00. The second-order valence-electron chi connectivity index (χ2n) is 4.12. The van der Waals surface area contributed by atoms with Gasteiger partial charge in [-0.15, -0.1) is 0 Å². The first-order chi connectivity index (χ1) is 6.49. The molecule has 1 aliphatic rings. The summed E-state index contributed by atoms with van der Waals surface area (Å²) in [5, 5.41) is 0.812. The first-order valence-electron chi connectivity index (χ1n) is 4.90. The molecule has 80 valence electrons. The van der Waals surface area contributed by atoms with Gasteiger partial charge >= 0.3 is 0 Å². The number of imide groups is 1. The van der Waals surface area contributed by atoms with Crippen molar-refractivity contribution < 1.29 is 9.59 Å². The monoisotopic (exact) mass is 261 g/mol. The molecule has 1 heterocycles. The SMILES string of the molecule is CC(CBr)CN1C(=O)C(C)C(C)C1=O. The Bertz CT molecular complexity index is 235. The molecule has 3 atom stereocenters.